The first-order valence-corrected chi connectivity index (χ1v) is 8.07. The van der Waals surface area contributed by atoms with Crippen molar-refractivity contribution >= 4 is 10.0 Å². The summed E-state index contributed by atoms with van der Waals surface area (Å²) >= 11 is 0. The van der Waals surface area contributed by atoms with Gasteiger partial charge in [-0.25, -0.2) is 17.2 Å². The lowest BCUT2D eigenvalue weighted by Crippen LogP contribution is -2.35. The van der Waals surface area contributed by atoms with E-state index in [1.54, 1.807) is 0 Å². The molecule has 1 N–H and O–H groups in total. The van der Waals surface area contributed by atoms with Gasteiger partial charge in [-0.3, -0.25) is 0 Å². The van der Waals surface area contributed by atoms with Crippen molar-refractivity contribution in [2.75, 3.05) is 26.0 Å². The van der Waals surface area contributed by atoms with E-state index in [-0.39, 0.29) is 30.9 Å². The zero-order valence-electron chi connectivity index (χ0n) is 11.5. The maximum absolute atomic E-state index is 13.9. The van der Waals surface area contributed by atoms with Crippen LogP contribution >= 0.6 is 0 Å². The number of hydrogen-bond donors (Lipinski definition) is 1. The summed E-state index contributed by atoms with van der Waals surface area (Å²) in [6, 6.07) is 1.98. The van der Waals surface area contributed by atoms with Gasteiger partial charge in [0.25, 0.3) is 0 Å². The third kappa shape index (κ3) is 3.57. The fourth-order valence-electron chi connectivity index (χ4n) is 2.45. The molecule has 0 amide bonds. The van der Waals surface area contributed by atoms with Gasteiger partial charge in [0.2, 0.25) is 10.0 Å². The molecule has 0 spiro atoms. The SMILES string of the molecule is COCCS(=O)(=O)N1C[C@@H](O)C[C@H]1c1cc(F)ccc1F. The Morgan fingerprint density at radius 2 is 2.14 bits per heavy atom. The first kappa shape index (κ1) is 16.3. The molecule has 1 aromatic carbocycles. The van der Waals surface area contributed by atoms with Crippen LogP contribution < -0.4 is 0 Å². The Morgan fingerprint density at radius 3 is 2.81 bits per heavy atom. The van der Waals surface area contributed by atoms with Crippen LogP contribution in [-0.2, 0) is 14.8 Å². The smallest absolute Gasteiger partial charge is 0.217 e. The largest absolute Gasteiger partial charge is 0.392 e. The molecule has 5 nitrogen and oxygen atoms in total. The fraction of sp³-hybridized carbons (Fsp3) is 0.538. The maximum Gasteiger partial charge on any atom is 0.217 e. The van der Waals surface area contributed by atoms with E-state index < -0.39 is 33.8 Å². The second kappa shape index (κ2) is 6.35. The average molecular weight is 321 g/mol. The van der Waals surface area contributed by atoms with Crippen molar-refractivity contribution in [1.29, 1.82) is 0 Å². The highest BCUT2D eigenvalue weighted by molar-refractivity contribution is 7.89. The summed E-state index contributed by atoms with van der Waals surface area (Å²) in [6.07, 6.45) is -0.873. The van der Waals surface area contributed by atoms with E-state index in [0.717, 1.165) is 22.5 Å². The molecule has 1 aliphatic rings. The molecular formula is C13H17F2NO4S. The average Bonchev–Trinajstić information content (AvgIpc) is 2.82. The molecule has 0 saturated carbocycles. The Labute approximate surface area is 122 Å². The number of benzene rings is 1. The minimum atomic E-state index is -3.72. The van der Waals surface area contributed by atoms with E-state index in [1.807, 2.05) is 0 Å². The normalized spacial score (nSPS) is 23.6. The van der Waals surface area contributed by atoms with Crippen LogP contribution in [0.1, 0.15) is 18.0 Å². The minimum absolute atomic E-state index is 0.00667. The number of sulfonamides is 1. The van der Waals surface area contributed by atoms with Crippen molar-refractivity contribution in [3.05, 3.63) is 35.4 Å². The monoisotopic (exact) mass is 321 g/mol. The maximum atomic E-state index is 13.9. The summed E-state index contributed by atoms with van der Waals surface area (Å²) in [5.41, 5.74) is -0.0625. The van der Waals surface area contributed by atoms with E-state index in [4.69, 9.17) is 4.74 Å². The molecule has 0 aliphatic carbocycles. The molecule has 1 saturated heterocycles. The zero-order valence-corrected chi connectivity index (χ0v) is 12.3. The summed E-state index contributed by atoms with van der Waals surface area (Å²) in [5, 5.41) is 9.73. The summed E-state index contributed by atoms with van der Waals surface area (Å²) < 4.78 is 57.4. The summed E-state index contributed by atoms with van der Waals surface area (Å²) in [4.78, 5) is 0. The highest BCUT2D eigenvalue weighted by atomic mass is 32.2. The predicted octanol–water partition coefficient (Wildman–Crippen LogP) is 1.05. The summed E-state index contributed by atoms with van der Waals surface area (Å²) in [5.74, 6) is -1.62. The Kier molecular flexibility index (Phi) is 4.92. The van der Waals surface area contributed by atoms with Crippen LogP contribution in [0, 0.1) is 11.6 Å². The van der Waals surface area contributed by atoms with E-state index in [0.29, 0.717) is 0 Å². The van der Waals surface area contributed by atoms with Crippen molar-refractivity contribution in [3.63, 3.8) is 0 Å². The highest BCUT2D eigenvalue weighted by Crippen LogP contribution is 2.36. The quantitative estimate of drug-likeness (QED) is 0.880. The van der Waals surface area contributed by atoms with E-state index in [1.165, 1.54) is 7.11 Å². The fourth-order valence-corrected chi connectivity index (χ4v) is 4.05. The molecule has 1 fully saturated rings. The number of nitrogens with zero attached hydrogens (tertiary/aromatic N) is 1. The van der Waals surface area contributed by atoms with E-state index in [2.05, 4.69) is 0 Å². The van der Waals surface area contributed by atoms with Crippen molar-refractivity contribution in [1.82, 2.24) is 4.31 Å². The molecule has 0 bridgehead atoms. The summed E-state index contributed by atoms with van der Waals surface area (Å²) in [6.45, 7) is -0.139. The van der Waals surface area contributed by atoms with Gasteiger partial charge in [0.15, 0.2) is 0 Å². The molecule has 118 valence electrons. The third-order valence-electron chi connectivity index (χ3n) is 3.45. The number of hydrogen-bond acceptors (Lipinski definition) is 4. The number of β-amino-alcohol motifs (C(OH)–C–C–N with tert-alkyl or cyclic N) is 1. The molecule has 0 radical (unpaired) electrons. The minimum Gasteiger partial charge on any atom is -0.392 e. The second-order valence-corrected chi connectivity index (χ2v) is 6.99. The predicted molar refractivity (Wildman–Crippen MR) is 72.1 cm³/mol. The number of aliphatic hydroxyl groups is 1. The van der Waals surface area contributed by atoms with Crippen molar-refractivity contribution in [2.45, 2.75) is 18.6 Å². The van der Waals surface area contributed by atoms with Crippen molar-refractivity contribution in [2.24, 2.45) is 0 Å². The van der Waals surface area contributed by atoms with Crippen molar-refractivity contribution in [3.8, 4) is 0 Å². The van der Waals surface area contributed by atoms with Gasteiger partial charge in [-0.2, -0.15) is 4.31 Å². The Bertz CT molecular complexity index is 608. The van der Waals surface area contributed by atoms with Crippen molar-refractivity contribution < 1.29 is 27.0 Å². The van der Waals surface area contributed by atoms with E-state index >= 15 is 0 Å². The molecular weight excluding hydrogens is 304 g/mol. The van der Waals surface area contributed by atoms with Gasteiger partial charge < -0.3 is 9.84 Å². The molecule has 1 heterocycles. The van der Waals surface area contributed by atoms with Gasteiger partial charge in [0.1, 0.15) is 11.6 Å². The zero-order chi connectivity index (χ0) is 15.6. The Balaban J connectivity index is 2.35. The van der Waals surface area contributed by atoms with Gasteiger partial charge in [-0.05, 0) is 24.6 Å². The third-order valence-corrected chi connectivity index (χ3v) is 5.25. The number of rotatable bonds is 5. The lowest BCUT2D eigenvalue weighted by molar-refractivity contribution is 0.188. The molecule has 21 heavy (non-hydrogen) atoms. The van der Waals surface area contributed by atoms with Crippen LogP contribution in [0.5, 0.6) is 0 Å². The van der Waals surface area contributed by atoms with Crippen LogP contribution in [0.3, 0.4) is 0 Å². The van der Waals surface area contributed by atoms with Gasteiger partial charge in [-0.15, -0.1) is 0 Å². The lowest BCUT2D eigenvalue weighted by atomic mass is 10.0. The van der Waals surface area contributed by atoms with Gasteiger partial charge in [-0.1, -0.05) is 0 Å². The standard InChI is InChI=1S/C13H17F2NO4S/c1-20-4-5-21(18,19)16-8-10(17)7-13(16)11-6-9(14)2-3-12(11)15/h2-3,6,10,13,17H,4-5,7-8H2,1H3/t10-,13-/m0/s1. The molecule has 1 aliphatic heterocycles. The van der Waals surface area contributed by atoms with Gasteiger partial charge >= 0.3 is 0 Å². The van der Waals surface area contributed by atoms with Gasteiger partial charge in [0.05, 0.1) is 24.5 Å². The number of halogens is 2. The van der Waals surface area contributed by atoms with Crippen LogP contribution in [0.25, 0.3) is 0 Å². The molecule has 0 unspecified atom stereocenters. The topological polar surface area (TPSA) is 66.8 Å². The molecule has 1 aromatic rings. The Morgan fingerprint density at radius 1 is 1.43 bits per heavy atom. The molecule has 2 rings (SSSR count). The van der Waals surface area contributed by atoms with Gasteiger partial charge in [0, 0.05) is 19.2 Å². The first-order chi connectivity index (χ1) is 9.85. The summed E-state index contributed by atoms with van der Waals surface area (Å²) in [7, 11) is -2.35. The van der Waals surface area contributed by atoms with Crippen LogP contribution in [0.4, 0.5) is 8.78 Å². The molecule has 0 aromatic heterocycles. The van der Waals surface area contributed by atoms with Crippen LogP contribution in [-0.4, -0.2) is 49.9 Å². The van der Waals surface area contributed by atoms with E-state index in [9.17, 15) is 22.3 Å². The number of aliphatic hydroxyl groups excluding tert-OH is 1. The lowest BCUT2D eigenvalue weighted by Gasteiger charge is -2.24. The number of methoxy groups -OCH3 is 1. The molecule has 8 heteroatoms. The number of ether oxygens (including phenoxy) is 1. The second-order valence-electron chi connectivity index (χ2n) is 4.95. The molecule has 2 atom stereocenters. The Hall–Kier alpha value is -1.09. The highest BCUT2D eigenvalue weighted by Gasteiger charge is 2.40. The first-order valence-electron chi connectivity index (χ1n) is 6.46. The van der Waals surface area contributed by atoms with Crippen LogP contribution in [0.15, 0.2) is 18.2 Å². The van der Waals surface area contributed by atoms with Crippen LogP contribution in [0.2, 0.25) is 0 Å².